The largest absolute Gasteiger partial charge is 0.334 e. The molecule has 2 saturated heterocycles. The van der Waals surface area contributed by atoms with Gasteiger partial charge in [-0.2, -0.15) is 0 Å². The van der Waals surface area contributed by atoms with Crippen molar-refractivity contribution in [3.8, 4) is 5.82 Å². The number of H-pyrrole nitrogens is 1. The number of nitrogens with zero attached hydrogens (tertiary/aromatic N) is 4. The van der Waals surface area contributed by atoms with E-state index in [2.05, 4.69) is 14.9 Å². The lowest BCUT2D eigenvalue weighted by Gasteiger charge is -2.55. The summed E-state index contributed by atoms with van der Waals surface area (Å²) in [6, 6.07) is 10.8. The zero-order chi connectivity index (χ0) is 26.0. The van der Waals surface area contributed by atoms with Gasteiger partial charge in [0.1, 0.15) is 0 Å². The zero-order valence-corrected chi connectivity index (χ0v) is 22.1. The number of aromatic nitrogens is 4. The standard InChI is InChI=1S/C30H37N5O3/c1-18-12-27(36)32-30(38)33(18)28-29(37)35(26-11-3-2-10-25(26)31-28)24-16-21-8-5-9-22(17-24)34(21)23-14-19-6-4-7-20(13-19)15-23/h2-3,10-12,19-24H,4-9,13-17H2,1H3,(H,32,36,38)/t19-,20+,21-,22+,23?,24?. The van der Waals surface area contributed by atoms with Crippen LogP contribution >= 0.6 is 0 Å². The summed E-state index contributed by atoms with van der Waals surface area (Å²) in [5.41, 5.74) is 0.546. The van der Waals surface area contributed by atoms with Gasteiger partial charge in [0.2, 0.25) is 5.82 Å². The molecule has 3 aromatic rings. The first-order valence-corrected chi connectivity index (χ1v) is 14.6. The molecule has 4 fully saturated rings. The third-order valence-corrected chi connectivity index (χ3v) is 10.0. The van der Waals surface area contributed by atoms with Gasteiger partial charge in [-0.25, -0.2) is 14.3 Å². The molecule has 2 unspecified atom stereocenters. The van der Waals surface area contributed by atoms with Gasteiger partial charge in [-0.1, -0.05) is 37.8 Å². The summed E-state index contributed by atoms with van der Waals surface area (Å²) in [6.07, 6.45) is 13.9. The molecular weight excluding hydrogens is 478 g/mol. The Hall–Kier alpha value is -3.00. The predicted octanol–water partition coefficient (Wildman–Crippen LogP) is 4.07. The van der Waals surface area contributed by atoms with E-state index in [0.29, 0.717) is 29.3 Å². The van der Waals surface area contributed by atoms with E-state index in [-0.39, 0.29) is 17.4 Å². The number of aromatic amines is 1. The second-order valence-corrected chi connectivity index (χ2v) is 12.3. The quantitative estimate of drug-likeness (QED) is 0.568. The average Bonchev–Trinajstić information content (AvgIpc) is 2.87. The molecule has 1 aromatic carbocycles. The van der Waals surface area contributed by atoms with E-state index >= 15 is 0 Å². The molecule has 38 heavy (non-hydrogen) atoms. The molecule has 0 radical (unpaired) electrons. The Balaban J connectivity index is 1.29. The summed E-state index contributed by atoms with van der Waals surface area (Å²) in [5.74, 6) is 1.87. The number of fused-ring (bicyclic) bond motifs is 5. The number of para-hydroxylation sites is 2. The van der Waals surface area contributed by atoms with Gasteiger partial charge >= 0.3 is 5.69 Å². The smallest absolute Gasteiger partial charge is 0.300 e. The first-order valence-electron chi connectivity index (χ1n) is 14.6. The number of hydrogen-bond acceptors (Lipinski definition) is 5. The van der Waals surface area contributed by atoms with E-state index < -0.39 is 11.2 Å². The van der Waals surface area contributed by atoms with E-state index in [1.165, 1.54) is 68.4 Å². The van der Waals surface area contributed by atoms with Crippen LogP contribution in [0.4, 0.5) is 0 Å². The van der Waals surface area contributed by atoms with Crippen molar-refractivity contribution in [3.63, 3.8) is 0 Å². The normalized spacial score (nSPS) is 31.4. The van der Waals surface area contributed by atoms with E-state index in [1.807, 2.05) is 28.8 Å². The first kappa shape index (κ1) is 24.1. The molecule has 1 N–H and O–H groups in total. The van der Waals surface area contributed by atoms with Crippen LogP contribution in [0.15, 0.2) is 44.7 Å². The molecule has 6 atom stereocenters. The van der Waals surface area contributed by atoms with Crippen LogP contribution in [-0.4, -0.2) is 42.1 Å². The molecule has 7 rings (SSSR count). The van der Waals surface area contributed by atoms with Crippen molar-refractivity contribution in [2.45, 2.75) is 102 Å². The van der Waals surface area contributed by atoms with Crippen molar-refractivity contribution in [2.75, 3.05) is 0 Å². The van der Waals surface area contributed by atoms with Gasteiger partial charge < -0.3 is 4.57 Å². The van der Waals surface area contributed by atoms with Crippen LogP contribution in [0.1, 0.15) is 82.4 Å². The third-order valence-electron chi connectivity index (χ3n) is 10.0. The Labute approximate surface area is 221 Å². The fraction of sp³-hybridized carbons (Fsp3) is 0.600. The highest BCUT2D eigenvalue weighted by Gasteiger charge is 2.45. The molecule has 0 spiro atoms. The lowest BCUT2D eigenvalue weighted by atomic mass is 9.68. The molecule has 4 heterocycles. The minimum Gasteiger partial charge on any atom is -0.300 e. The highest BCUT2D eigenvalue weighted by atomic mass is 16.2. The Morgan fingerprint density at radius 1 is 0.816 bits per heavy atom. The number of piperidine rings is 2. The highest BCUT2D eigenvalue weighted by Crippen LogP contribution is 2.47. The molecule has 0 amide bonds. The van der Waals surface area contributed by atoms with Crippen LogP contribution < -0.4 is 16.8 Å². The van der Waals surface area contributed by atoms with E-state index in [4.69, 9.17) is 0 Å². The maximum atomic E-state index is 14.1. The maximum absolute atomic E-state index is 14.1. The van der Waals surface area contributed by atoms with Crippen LogP contribution in [0.5, 0.6) is 0 Å². The second-order valence-electron chi connectivity index (χ2n) is 12.3. The summed E-state index contributed by atoms with van der Waals surface area (Å²) >= 11 is 0. The summed E-state index contributed by atoms with van der Waals surface area (Å²) < 4.78 is 3.18. The van der Waals surface area contributed by atoms with Gasteiger partial charge in [0.15, 0.2) is 0 Å². The van der Waals surface area contributed by atoms with Gasteiger partial charge in [0.25, 0.3) is 11.1 Å². The number of benzene rings is 1. The molecule has 2 aliphatic carbocycles. The monoisotopic (exact) mass is 515 g/mol. The molecule has 8 nitrogen and oxygen atoms in total. The van der Waals surface area contributed by atoms with Crippen LogP contribution in [-0.2, 0) is 0 Å². The fourth-order valence-electron chi connectivity index (χ4n) is 8.66. The van der Waals surface area contributed by atoms with E-state index in [9.17, 15) is 14.4 Å². The molecular formula is C30H37N5O3. The zero-order valence-electron chi connectivity index (χ0n) is 22.1. The molecule has 8 heteroatoms. The number of rotatable bonds is 3. The molecule has 2 aromatic heterocycles. The Morgan fingerprint density at radius 2 is 1.50 bits per heavy atom. The molecule has 2 saturated carbocycles. The van der Waals surface area contributed by atoms with Crippen molar-refractivity contribution in [1.29, 1.82) is 0 Å². The number of nitrogens with one attached hydrogen (secondary N) is 1. The minimum absolute atomic E-state index is 0.0579. The van der Waals surface area contributed by atoms with Gasteiger partial charge in [-0.05, 0) is 75.8 Å². The van der Waals surface area contributed by atoms with Gasteiger partial charge in [-0.15, -0.1) is 0 Å². The van der Waals surface area contributed by atoms with E-state index in [0.717, 1.165) is 30.2 Å². The fourth-order valence-corrected chi connectivity index (χ4v) is 8.66. The number of aryl methyl sites for hydroxylation is 1. The Bertz CT molecular complexity index is 1530. The summed E-state index contributed by atoms with van der Waals surface area (Å²) in [7, 11) is 0. The van der Waals surface area contributed by atoms with Crippen molar-refractivity contribution in [1.82, 2.24) is 24.0 Å². The lowest BCUT2D eigenvalue weighted by Crippen LogP contribution is -2.58. The van der Waals surface area contributed by atoms with Gasteiger partial charge in [0, 0.05) is 35.9 Å². The van der Waals surface area contributed by atoms with Gasteiger partial charge in [-0.3, -0.25) is 19.5 Å². The topological polar surface area (TPSA) is 93.0 Å². The summed E-state index contributed by atoms with van der Waals surface area (Å²) in [5, 5.41) is 0. The van der Waals surface area contributed by atoms with Crippen molar-refractivity contribution < 1.29 is 0 Å². The predicted molar refractivity (Wildman–Crippen MR) is 147 cm³/mol. The Kier molecular flexibility index (Phi) is 5.91. The van der Waals surface area contributed by atoms with Crippen molar-refractivity contribution in [2.24, 2.45) is 11.8 Å². The maximum Gasteiger partial charge on any atom is 0.334 e. The number of hydrogen-bond donors (Lipinski definition) is 1. The average molecular weight is 516 g/mol. The van der Waals surface area contributed by atoms with Crippen molar-refractivity contribution in [3.05, 3.63) is 67.2 Å². The Morgan fingerprint density at radius 3 is 2.21 bits per heavy atom. The minimum atomic E-state index is -0.629. The van der Waals surface area contributed by atoms with E-state index in [1.54, 1.807) is 6.92 Å². The molecule has 200 valence electrons. The summed E-state index contributed by atoms with van der Waals surface area (Å²) in [4.78, 5) is 48.7. The SMILES string of the molecule is Cc1cc(=O)[nH]c(=O)n1-c1nc2ccccc2n(C2C[C@H]3CCC[C@@H](C2)N3C2C[C@H]3CCC[C@@H](C2)C3)c1=O. The van der Waals surface area contributed by atoms with Crippen LogP contribution in [0.3, 0.4) is 0 Å². The van der Waals surface area contributed by atoms with Gasteiger partial charge in [0.05, 0.1) is 11.0 Å². The van der Waals surface area contributed by atoms with Crippen LogP contribution in [0.25, 0.3) is 16.9 Å². The van der Waals surface area contributed by atoms with Crippen LogP contribution in [0.2, 0.25) is 0 Å². The molecule has 2 aliphatic heterocycles. The third kappa shape index (κ3) is 3.99. The molecule has 4 bridgehead atoms. The second kappa shape index (κ2) is 9.33. The molecule has 4 aliphatic rings. The highest BCUT2D eigenvalue weighted by molar-refractivity contribution is 5.75. The first-order chi connectivity index (χ1) is 18.5. The lowest BCUT2D eigenvalue weighted by molar-refractivity contribution is -0.0485. The van der Waals surface area contributed by atoms with Crippen molar-refractivity contribution >= 4 is 11.0 Å². The van der Waals surface area contributed by atoms with Crippen LogP contribution in [0, 0.1) is 18.8 Å². The summed E-state index contributed by atoms with van der Waals surface area (Å²) in [6.45, 7) is 1.67.